The summed E-state index contributed by atoms with van der Waals surface area (Å²) in [6.45, 7) is 5.46. The zero-order valence-corrected chi connectivity index (χ0v) is 22.1. The highest BCUT2D eigenvalue weighted by molar-refractivity contribution is 6.32. The number of hydrogen-bond acceptors (Lipinski definition) is 7. The van der Waals surface area contributed by atoms with Gasteiger partial charge in [-0.05, 0) is 37.0 Å². The van der Waals surface area contributed by atoms with Gasteiger partial charge in [0.15, 0.2) is 5.82 Å². The lowest BCUT2D eigenvalue weighted by Crippen LogP contribution is -2.46. The summed E-state index contributed by atoms with van der Waals surface area (Å²) in [5.74, 6) is 1.80. The van der Waals surface area contributed by atoms with Crippen molar-refractivity contribution in [2.45, 2.75) is 45.3 Å². The Labute approximate surface area is 220 Å². The Kier molecular flexibility index (Phi) is 6.13. The molecular formula is C27H32ClFN6O2. The van der Waals surface area contributed by atoms with Crippen molar-refractivity contribution in [3.05, 3.63) is 39.8 Å². The smallest absolute Gasteiger partial charge is 0.295 e. The third kappa shape index (κ3) is 4.47. The number of nitrogens with zero attached hydrogens (tertiary/aromatic N) is 4. The SMILES string of the molecule is C[C@@H]1CN(c2ncc(Cl)c(Nc3ccc4c(c3)c3c(c(=O)n4C)OCCC(C4CC4)N3)n2)C[C@H](C)[C@H]1F. The van der Waals surface area contributed by atoms with E-state index in [1.807, 2.05) is 36.9 Å². The number of fused-ring (bicyclic) bond motifs is 3. The van der Waals surface area contributed by atoms with Crippen molar-refractivity contribution in [2.75, 3.05) is 35.2 Å². The van der Waals surface area contributed by atoms with E-state index in [-0.39, 0.29) is 17.4 Å². The summed E-state index contributed by atoms with van der Waals surface area (Å²) in [7, 11) is 1.76. The maximum absolute atomic E-state index is 14.4. The molecule has 196 valence electrons. The van der Waals surface area contributed by atoms with E-state index in [0.717, 1.165) is 28.7 Å². The van der Waals surface area contributed by atoms with Gasteiger partial charge in [-0.15, -0.1) is 0 Å². The molecule has 1 saturated carbocycles. The monoisotopic (exact) mass is 526 g/mol. The fourth-order valence-corrected chi connectivity index (χ4v) is 5.84. The Bertz CT molecular complexity index is 1400. The molecule has 37 heavy (non-hydrogen) atoms. The summed E-state index contributed by atoms with van der Waals surface area (Å²) in [5.41, 5.74) is 2.20. The lowest BCUT2D eigenvalue weighted by molar-refractivity contribution is 0.147. The van der Waals surface area contributed by atoms with Crippen LogP contribution in [0.2, 0.25) is 5.02 Å². The number of ether oxygens (including phenoxy) is 1. The first-order valence-corrected chi connectivity index (χ1v) is 13.4. The third-order valence-electron chi connectivity index (χ3n) is 7.93. The summed E-state index contributed by atoms with van der Waals surface area (Å²) in [6.07, 6.45) is 4.03. The van der Waals surface area contributed by atoms with Gasteiger partial charge in [0.25, 0.3) is 5.56 Å². The van der Waals surface area contributed by atoms with Crippen molar-refractivity contribution < 1.29 is 9.13 Å². The molecule has 0 amide bonds. The summed E-state index contributed by atoms with van der Waals surface area (Å²) < 4.78 is 22.0. The van der Waals surface area contributed by atoms with Gasteiger partial charge in [-0.2, -0.15) is 4.98 Å². The van der Waals surface area contributed by atoms with Crippen LogP contribution in [0.15, 0.2) is 29.2 Å². The molecule has 1 saturated heterocycles. The molecule has 4 atom stereocenters. The number of hydrogen-bond donors (Lipinski definition) is 2. The van der Waals surface area contributed by atoms with Gasteiger partial charge in [-0.3, -0.25) is 4.79 Å². The maximum Gasteiger partial charge on any atom is 0.295 e. The molecular weight excluding hydrogens is 495 g/mol. The number of aromatic nitrogens is 3. The lowest BCUT2D eigenvalue weighted by atomic mass is 9.90. The molecule has 8 nitrogen and oxygen atoms in total. The van der Waals surface area contributed by atoms with Gasteiger partial charge >= 0.3 is 0 Å². The Morgan fingerprint density at radius 1 is 1.19 bits per heavy atom. The van der Waals surface area contributed by atoms with Crippen LogP contribution < -0.4 is 25.8 Å². The van der Waals surface area contributed by atoms with E-state index in [9.17, 15) is 9.18 Å². The average molecular weight is 527 g/mol. The van der Waals surface area contributed by atoms with Crippen molar-refractivity contribution in [3.8, 4) is 5.75 Å². The second-order valence-corrected chi connectivity index (χ2v) is 11.2. The molecule has 1 aromatic carbocycles. The Morgan fingerprint density at radius 2 is 1.95 bits per heavy atom. The molecule has 0 spiro atoms. The normalized spacial score (nSPS) is 25.7. The van der Waals surface area contributed by atoms with Crippen molar-refractivity contribution in [2.24, 2.45) is 24.8 Å². The Hall–Kier alpha value is -3.07. The molecule has 4 heterocycles. The van der Waals surface area contributed by atoms with Gasteiger partial charge in [0.2, 0.25) is 11.7 Å². The maximum atomic E-state index is 14.4. The van der Waals surface area contributed by atoms with Crippen LogP contribution in [-0.2, 0) is 7.05 Å². The first-order valence-electron chi connectivity index (χ1n) is 13.0. The standard InChI is InChI=1S/C27H32ClFN6O2/c1-14-12-35(13-15(2)22(14)29)27-30-11-19(28)25(33-27)31-17-6-7-21-18(10-17)23-24(26(36)34(21)3)37-9-8-20(32-23)16-4-5-16/h6-7,10-11,14-16,20,22,32H,4-5,8-9,12-13H2,1-3H3,(H,30,31,33)/t14-,15+,20?,22+. The van der Waals surface area contributed by atoms with Crippen molar-refractivity contribution >= 4 is 45.6 Å². The molecule has 10 heteroatoms. The number of pyridine rings is 1. The number of aryl methyl sites for hydroxylation is 1. The number of halogens is 2. The predicted molar refractivity (Wildman–Crippen MR) is 145 cm³/mol. The highest BCUT2D eigenvalue weighted by Crippen LogP contribution is 2.41. The van der Waals surface area contributed by atoms with Crippen LogP contribution in [-0.4, -0.2) is 46.4 Å². The zero-order valence-electron chi connectivity index (χ0n) is 21.3. The van der Waals surface area contributed by atoms with Crippen LogP contribution >= 0.6 is 11.6 Å². The minimum Gasteiger partial charge on any atom is -0.486 e. The number of rotatable bonds is 4. The van der Waals surface area contributed by atoms with E-state index in [4.69, 9.17) is 21.3 Å². The third-order valence-corrected chi connectivity index (χ3v) is 8.21. The van der Waals surface area contributed by atoms with Crippen LogP contribution in [0.4, 0.5) is 27.5 Å². The van der Waals surface area contributed by atoms with E-state index >= 15 is 0 Å². The molecule has 2 N–H and O–H groups in total. The highest BCUT2D eigenvalue weighted by Gasteiger charge is 2.35. The topological polar surface area (TPSA) is 84.3 Å². The van der Waals surface area contributed by atoms with Gasteiger partial charge in [0, 0.05) is 55.5 Å². The molecule has 2 aliphatic heterocycles. The molecule has 1 unspecified atom stereocenters. The predicted octanol–water partition coefficient (Wildman–Crippen LogP) is 5.13. The largest absolute Gasteiger partial charge is 0.486 e. The van der Waals surface area contributed by atoms with E-state index in [0.29, 0.717) is 54.2 Å². The Balaban J connectivity index is 1.35. The second-order valence-electron chi connectivity index (χ2n) is 10.8. The molecule has 3 aliphatic rings. The minimum atomic E-state index is -0.832. The Morgan fingerprint density at radius 3 is 2.68 bits per heavy atom. The van der Waals surface area contributed by atoms with E-state index in [2.05, 4.69) is 15.6 Å². The van der Waals surface area contributed by atoms with Gasteiger partial charge in [0.1, 0.15) is 11.2 Å². The van der Waals surface area contributed by atoms with Crippen molar-refractivity contribution in [1.82, 2.24) is 14.5 Å². The number of piperidine rings is 1. The molecule has 2 aromatic heterocycles. The molecule has 0 radical (unpaired) electrons. The van der Waals surface area contributed by atoms with Crippen LogP contribution in [0.25, 0.3) is 10.9 Å². The fraction of sp³-hybridized carbons (Fsp3) is 0.519. The van der Waals surface area contributed by atoms with Gasteiger partial charge in [-0.1, -0.05) is 25.4 Å². The number of nitrogens with one attached hydrogen (secondary N) is 2. The van der Waals surface area contributed by atoms with Gasteiger partial charge in [0.05, 0.1) is 24.0 Å². The van der Waals surface area contributed by atoms with Crippen LogP contribution in [0.5, 0.6) is 5.75 Å². The molecule has 2 fully saturated rings. The van der Waals surface area contributed by atoms with Crippen LogP contribution in [0, 0.1) is 17.8 Å². The summed E-state index contributed by atoms with van der Waals surface area (Å²) in [6, 6.07) is 6.12. The van der Waals surface area contributed by atoms with Crippen molar-refractivity contribution in [3.63, 3.8) is 0 Å². The summed E-state index contributed by atoms with van der Waals surface area (Å²) in [4.78, 5) is 24.2. The van der Waals surface area contributed by atoms with Gasteiger partial charge in [-0.25, -0.2) is 9.37 Å². The number of alkyl halides is 1. The van der Waals surface area contributed by atoms with Crippen LogP contribution in [0.3, 0.4) is 0 Å². The molecule has 1 aliphatic carbocycles. The first kappa shape index (κ1) is 24.3. The van der Waals surface area contributed by atoms with Crippen molar-refractivity contribution in [1.29, 1.82) is 0 Å². The minimum absolute atomic E-state index is 0.101. The molecule has 0 bridgehead atoms. The lowest BCUT2D eigenvalue weighted by Gasteiger charge is -2.37. The number of anilines is 4. The molecule has 6 rings (SSSR count). The summed E-state index contributed by atoms with van der Waals surface area (Å²) >= 11 is 6.48. The quantitative estimate of drug-likeness (QED) is 0.487. The van der Waals surface area contributed by atoms with Crippen LogP contribution in [0.1, 0.15) is 33.1 Å². The molecule has 3 aromatic rings. The number of benzene rings is 1. The fourth-order valence-electron chi connectivity index (χ4n) is 5.70. The zero-order chi connectivity index (χ0) is 25.8. The second kappa shape index (κ2) is 9.35. The van der Waals surface area contributed by atoms with Gasteiger partial charge < -0.3 is 24.8 Å². The summed E-state index contributed by atoms with van der Waals surface area (Å²) in [5, 5.41) is 8.27. The highest BCUT2D eigenvalue weighted by atomic mass is 35.5. The first-order chi connectivity index (χ1) is 17.8. The average Bonchev–Trinajstić information content (AvgIpc) is 3.73. The van der Waals surface area contributed by atoms with E-state index in [1.54, 1.807) is 17.8 Å². The van der Waals surface area contributed by atoms with E-state index in [1.165, 1.54) is 12.8 Å². The van der Waals surface area contributed by atoms with E-state index < -0.39 is 6.17 Å².